The van der Waals surface area contributed by atoms with Gasteiger partial charge in [0.2, 0.25) is 0 Å². The van der Waals surface area contributed by atoms with Crippen LogP contribution in [0.1, 0.15) is 27.2 Å². The molecule has 124 valence electrons. The third-order valence-corrected chi connectivity index (χ3v) is 4.89. The van der Waals surface area contributed by atoms with Crippen molar-refractivity contribution in [3.05, 3.63) is 55.3 Å². The number of carbonyl (C=O) groups is 1. The number of hydrogen-bond acceptors (Lipinski definition) is 3. The zero-order valence-electron chi connectivity index (χ0n) is 14.2. The standard InChI is InChI=1S/C20H26O3/c1-6-16(12-14(2)23-17-10-8-7-9-11-17)13-22-19(21)18-15(3)20(18,4)5/h6-11,15-16,18H,1-2,12-13H2,3-5H3. The molecule has 3 unspecified atom stereocenters. The second-order valence-corrected chi connectivity index (χ2v) is 6.87. The monoisotopic (exact) mass is 314 g/mol. The van der Waals surface area contributed by atoms with Gasteiger partial charge in [-0.05, 0) is 23.5 Å². The van der Waals surface area contributed by atoms with Gasteiger partial charge in [0.15, 0.2) is 0 Å². The van der Waals surface area contributed by atoms with Crippen molar-refractivity contribution in [1.29, 1.82) is 0 Å². The maximum atomic E-state index is 12.1. The minimum atomic E-state index is -0.107. The smallest absolute Gasteiger partial charge is 0.309 e. The summed E-state index contributed by atoms with van der Waals surface area (Å²) in [4.78, 5) is 12.1. The highest BCUT2D eigenvalue weighted by molar-refractivity contribution is 5.77. The Bertz CT molecular complexity index is 574. The van der Waals surface area contributed by atoms with Gasteiger partial charge in [-0.15, -0.1) is 6.58 Å². The van der Waals surface area contributed by atoms with Gasteiger partial charge in [-0.1, -0.05) is 51.6 Å². The third kappa shape index (κ3) is 4.25. The molecule has 2 rings (SSSR count). The lowest BCUT2D eigenvalue weighted by Gasteiger charge is -2.15. The highest BCUT2D eigenvalue weighted by Crippen LogP contribution is 2.58. The van der Waals surface area contributed by atoms with Gasteiger partial charge in [-0.3, -0.25) is 4.79 Å². The molecule has 0 N–H and O–H groups in total. The van der Waals surface area contributed by atoms with Gasteiger partial charge in [0, 0.05) is 12.3 Å². The molecule has 1 aromatic rings. The van der Waals surface area contributed by atoms with E-state index in [1.165, 1.54) is 0 Å². The topological polar surface area (TPSA) is 35.5 Å². The van der Waals surface area contributed by atoms with Crippen LogP contribution in [0.15, 0.2) is 55.3 Å². The first-order valence-corrected chi connectivity index (χ1v) is 8.06. The molecule has 23 heavy (non-hydrogen) atoms. The number of carbonyl (C=O) groups excluding carboxylic acids is 1. The third-order valence-electron chi connectivity index (χ3n) is 4.89. The summed E-state index contributed by atoms with van der Waals surface area (Å²) >= 11 is 0. The molecule has 1 fully saturated rings. The number of benzene rings is 1. The van der Waals surface area contributed by atoms with E-state index in [9.17, 15) is 4.79 Å². The lowest BCUT2D eigenvalue weighted by molar-refractivity contribution is -0.147. The lowest BCUT2D eigenvalue weighted by Crippen LogP contribution is -2.17. The minimum Gasteiger partial charge on any atom is -0.465 e. The van der Waals surface area contributed by atoms with Crippen molar-refractivity contribution < 1.29 is 14.3 Å². The van der Waals surface area contributed by atoms with Crippen LogP contribution in [0.25, 0.3) is 0 Å². The second-order valence-electron chi connectivity index (χ2n) is 6.87. The molecule has 0 bridgehead atoms. The molecule has 1 saturated carbocycles. The van der Waals surface area contributed by atoms with Crippen LogP contribution in [-0.4, -0.2) is 12.6 Å². The average molecular weight is 314 g/mol. The summed E-state index contributed by atoms with van der Waals surface area (Å²) in [6, 6.07) is 9.51. The Labute approximate surface area is 139 Å². The van der Waals surface area contributed by atoms with Gasteiger partial charge in [0.05, 0.1) is 18.3 Å². The molecular weight excluding hydrogens is 288 g/mol. The van der Waals surface area contributed by atoms with Crippen LogP contribution in [0.3, 0.4) is 0 Å². The fourth-order valence-corrected chi connectivity index (χ4v) is 2.88. The van der Waals surface area contributed by atoms with E-state index in [0.717, 1.165) is 5.75 Å². The first-order valence-electron chi connectivity index (χ1n) is 8.06. The predicted molar refractivity (Wildman–Crippen MR) is 91.9 cm³/mol. The number of hydrogen-bond donors (Lipinski definition) is 0. The fraction of sp³-hybridized carbons (Fsp3) is 0.450. The second kappa shape index (κ2) is 7.03. The Morgan fingerprint density at radius 2 is 1.96 bits per heavy atom. The van der Waals surface area contributed by atoms with E-state index in [4.69, 9.17) is 9.47 Å². The molecule has 1 aliphatic carbocycles. The highest BCUT2D eigenvalue weighted by Gasteiger charge is 2.59. The molecule has 3 nitrogen and oxygen atoms in total. The van der Waals surface area contributed by atoms with Crippen molar-refractivity contribution in [1.82, 2.24) is 0 Å². The molecule has 3 heteroatoms. The first-order chi connectivity index (χ1) is 10.9. The molecule has 1 aromatic carbocycles. The molecule has 0 amide bonds. The summed E-state index contributed by atoms with van der Waals surface area (Å²) in [6.07, 6.45) is 2.36. The van der Waals surface area contributed by atoms with E-state index >= 15 is 0 Å². The maximum absolute atomic E-state index is 12.1. The molecule has 0 spiro atoms. The summed E-state index contributed by atoms with van der Waals surface area (Å²) in [6.45, 7) is 14.4. The van der Waals surface area contributed by atoms with Gasteiger partial charge in [0.25, 0.3) is 0 Å². The van der Waals surface area contributed by atoms with Crippen molar-refractivity contribution >= 4 is 5.97 Å². The number of para-hydroxylation sites is 1. The van der Waals surface area contributed by atoms with Crippen molar-refractivity contribution in [2.24, 2.45) is 23.2 Å². The maximum Gasteiger partial charge on any atom is 0.309 e. The number of allylic oxidation sites excluding steroid dienone is 1. The molecule has 1 aliphatic rings. The minimum absolute atomic E-state index is 0.00679. The number of rotatable bonds is 8. The van der Waals surface area contributed by atoms with E-state index in [2.05, 4.69) is 33.9 Å². The summed E-state index contributed by atoms with van der Waals surface area (Å²) in [7, 11) is 0. The van der Waals surface area contributed by atoms with Crippen molar-refractivity contribution in [2.75, 3.05) is 6.61 Å². The van der Waals surface area contributed by atoms with Crippen LogP contribution in [-0.2, 0) is 9.53 Å². The first kappa shape index (κ1) is 17.3. The molecule has 3 atom stereocenters. The van der Waals surface area contributed by atoms with Gasteiger partial charge in [0.1, 0.15) is 5.75 Å². The van der Waals surface area contributed by atoms with Gasteiger partial charge < -0.3 is 9.47 Å². The Morgan fingerprint density at radius 3 is 2.48 bits per heavy atom. The van der Waals surface area contributed by atoms with Crippen LogP contribution in [0.4, 0.5) is 0 Å². The zero-order chi connectivity index (χ0) is 17.0. The van der Waals surface area contributed by atoms with Gasteiger partial charge in [-0.2, -0.15) is 0 Å². The van der Waals surface area contributed by atoms with E-state index in [0.29, 0.717) is 24.7 Å². The number of ether oxygens (including phenoxy) is 2. The quantitative estimate of drug-likeness (QED) is 0.399. The summed E-state index contributed by atoms with van der Waals surface area (Å²) in [5, 5.41) is 0. The molecule has 0 aliphatic heterocycles. The van der Waals surface area contributed by atoms with Crippen molar-refractivity contribution in [3.63, 3.8) is 0 Å². The Balaban J connectivity index is 1.78. The van der Waals surface area contributed by atoms with Crippen LogP contribution < -0.4 is 4.74 Å². The average Bonchev–Trinajstić information content (AvgIpc) is 3.02. The van der Waals surface area contributed by atoms with Gasteiger partial charge >= 0.3 is 5.97 Å². The van der Waals surface area contributed by atoms with Crippen LogP contribution >= 0.6 is 0 Å². The molecule has 0 heterocycles. The largest absolute Gasteiger partial charge is 0.465 e. The molecule has 0 saturated heterocycles. The summed E-state index contributed by atoms with van der Waals surface area (Å²) in [5.41, 5.74) is 0.0563. The van der Waals surface area contributed by atoms with Crippen molar-refractivity contribution in [2.45, 2.75) is 27.2 Å². The molecule has 0 radical (unpaired) electrons. The summed E-state index contributed by atoms with van der Waals surface area (Å²) in [5.74, 6) is 1.68. The number of esters is 1. The van der Waals surface area contributed by atoms with Crippen LogP contribution in [0.5, 0.6) is 5.75 Å². The summed E-state index contributed by atoms with van der Waals surface area (Å²) < 4.78 is 11.1. The lowest BCUT2D eigenvalue weighted by atomic mass is 10.1. The fourth-order valence-electron chi connectivity index (χ4n) is 2.88. The molecule has 0 aromatic heterocycles. The molecular formula is C20H26O3. The highest BCUT2D eigenvalue weighted by atomic mass is 16.5. The van der Waals surface area contributed by atoms with E-state index < -0.39 is 0 Å². The van der Waals surface area contributed by atoms with Crippen LogP contribution in [0, 0.1) is 23.2 Å². The Morgan fingerprint density at radius 1 is 1.35 bits per heavy atom. The Kier molecular flexibility index (Phi) is 5.30. The predicted octanol–water partition coefficient (Wildman–Crippen LogP) is 4.61. The van der Waals surface area contributed by atoms with Gasteiger partial charge in [-0.25, -0.2) is 0 Å². The van der Waals surface area contributed by atoms with Crippen molar-refractivity contribution in [3.8, 4) is 5.75 Å². The Hall–Kier alpha value is -2.03. The zero-order valence-corrected chi connectivity index (χ0v) is 14.2. The normalized spacial score (nSPS) is 22.7. The van der Waals surface area contributed by atoms with E-state index in [-0.39, 0.29) is 23.2 Å². The van der Waals surface area contributed by atoms with Crippen LogP contribution in [0.2, 0.25) is 0 Å². The SMILES string of the molecule is C=CC(COC(=O)C1C(C)C1(C)C)CC(=C)Oc1ccccc1. The van der Waals surface area contributed by atoms with E-state index in [1.807, 2.05) is 30.3 Å². The van der Waals surface area contributed by atoms with E-state index in [1.54, 1.807) is 6.08 Å².